The zero-order valence-corrected chi connectivity index (χ0v) is 16.0. The molecular weight excluding hydrogens is 358 g/mol. The summed E-state index contributed by atoms with van der Waals surface area (Å²) in [5.41, 5.74) is 1.55. The summed E-state index contributed by atoms with van der Waals surface area (Å²) in [6, 6.07) is 13.7. The second-order valence-corrected chi connectivity index (χ2v) is 5.92. The van der Waals surface area contributed by atoms with E-state index in [-0.39, 0.29) is 18.2 Å². The molecule has 0 spiro atoms. The van der Waals surface area contributed by atoms with Crippen LogP contribution in [0.2, 0.25) is 0 Å². The van der Waals surface area contributed by atoms with Gasteiger partial charge in [0.25, 0.3) is 5.91 Å². The zero-order chi connectivity index (χ0) is 20.4. The summed E-state index contributed by atoms with van der Waals surface area (Å²) >= 11 is 0. The number of carbonyl (C=O) groups is 2. The molecule has 0 radical (unpaired) electrons. The number of hydrogen-bond donors (Lipinski definition) is 2. The molecule has 0 saturated carbocycles. The van der Waals surface area contributed by atoms with Gasteiger partial charge < -0.3 is 20.1 Å². The second kappa shape index (κ2) is 10.6. The van der Waals surface area contributed by atoms with Crippen LogP contribution in [0.15, 0.2) is 42.5 Å². The highest BCUT2D eigenvalue weighted by Crippen LogP contribution is 2.28. The molecule has 2 amide bonds. The lowest BCUT2D eigenvalue weighted by Gasteiger charge is -2.11. The molecule has 0 aromatic heterocycles. The Bertz CT molecular complexity index is 874. The van der Waals surface area contributed by atoms with Crippen LogP contribution in [0, 0.1) is 11.3 Å². The lowest BCUT2D eigenvalue weighted by atomic mass is 10.2. The molecular formula is C21H23N3O4. The molecule has 146 valence electrons. The van der Waals surface area contributed by atoms with Gasteiger partial charge in [-0.05, 0) is 43.7 Å². The first kappa shape index (κ1) is 20.8. The normalized spacial score (nSPS) is 9.89. The van der Waals surface area contributed by atoms with E-state index in [1.807, 2.05) is 13.0 Å². The molecule has 0 aliphatic heterocycles. The van der Waals surface area contributed by atoms with Crippen LogP contribution in [-0.2, 0) is 4.79 Å². The Morgan fingerprint density at radius 3 is 2.68 bits per heavy atom. The van der Waals surface area contributed by atoms with Crippen molar-refractivity contribution in [2.45, 2.75) is 19.8 Å². The Labute approximate surface area is 164 Å². The van der Waals surface area contributed by atoms with Gasteiger partial charge in [0.05, 0.1) is 25.3 Å². The molecule has 0 atom stereocenters. The Kier molecular flexibility index (Phi) is 7.85. The number of nitrogens with zero attached hydrogens (tertiary/aromatic N) is 1. The average molecular weight is 381 g/mol. The predicted molar refractivity (Wildman–Crippen MR) is 106 cm³/mol. The summed E-state index contributed by atoms with van der Waals surface area (Å²) in [5, 5.41) is 14.4. The highest BCUT2D eigenvalue weighted by molar-refractivity contribution is 5.97. The van der Waals surface area contributed by atoms with E-state index in [2.05, 4.69) is 10.6 Å². The molecule has 2 aromatic rings. The van der Waals surface area contributed by atoms with Crippen molar-refractivity contribution >= 4 is 17.5 Å². The van der Waals surface area contributed by atoms with Gasteiger partial charge in [-0.3, -0.25) is 9.59 Å². The SMILES string of the molecule is CCNC(=O)c1cccc(NC(=O)CCCOc2ccc(C#N)cc2OC)c1. The van der Waals surface area contributed by atoms with Crippen molar-refractivity contribution < 1.29 is 19.1 Å². The van der Waals surface area contributed by atoms with Crippen LogP contribution in [-0.4, -0.2) is 32.1 Å². The minimum atomic E-state index is -0.177. The molecule has 2 aromatic carbocycles. The standard InChI is InChI=1S/C21H23N3O4/c1-3-23-21(26)16-6-4-7-17(13-16)24-20(25)8-5-11-28-18-10-9-15(14-22)12-19(18)27-2/h4,6-7,9-10,12-13H,3,5,8,11H2,1-2H3,(H,23,26)(H,24,25). The van der Waals surface area contributed by atoms with E-state index in [9.17, 15) is 9.59 Å². The summed E-state index contributed by atoms with van der Waals surface area (Å²) in [5.74, 6) is 0.661. The van der Waals surface area contributed by atoms with Crippen LogP contribution in [0.4, 0.5) is 5.69 Å². The minimum Gasteiger partial charge on any atom is -0.493 e. The molecule has 0 fully saturated rings. The first-order valence-corrected chi connectivity index (χ1v) is 8.96. The number of methoxy groups -OCH3 is 1. The topological polar surface area (TPSA) is 100 Å². The van der Waals surface area contributed by atoms with Crippen molar-refractivity contribution in [1.82, 2.24) is 5.32 Å². The van der Waals surface area contributed by atoms with E-state index >= 15 is 0 Å². The van der Waals surface area contributed by atoms with Crippen molar-refractivity contribution in [3.05, 3.63) is 53.6 Å². The van der Waals surface area contributed by atoms with Crippen molar-refractivity contribution in [2.24, 2.45) is 0 Å². The number of rotatable bonds is 9. The Balaban J connectivity index is 1.81. The number of nitrogens with one attached hydrogen (secondary N) is 2. The molecule has 0 bridgehead atoms. The number of nitriles is 1. The molecule has 2 N–H and O–H groups in total. The number of carbonyl (C=O) groups excluding carboxylic acids is 2. The fourth-order valence-corrected chi connectivity index (χ4v) is 2.50. The zero-order valence-electron chi connectivity index (χ0n) is 16.0. The van der Waals surface area contributed by atoms with Crippen LogP contribution in [0.5, 0.6) is 11.5 Å². The molecule has 7 heteroatoms. The van der Waals surface area contributed by atoms with Crippen molar-refractivity contribution in [2.75, 3.05) is 25.6 Å². The van der Waals surface area contributed by atoms with Crippen LogP contribution >= 0.6 is 0 Å². The summed E-state index contributed by atoms with van der Waals surface area (Å²) in [7, 11) is 1.51. The van der Waals surface area contributed by atoms with E-state index in [1.54, 1.807) is 42.5 Å². The monoisotopic (exact) mass is 381 g/mol. The summed E-state index contributed by atoms with van der Waals surface area (Å²) in [4.78, 5) is 24.0. The van der Waals surface area contributed by atoms with Gasteiger partial charge in [-0.1, -0.05) is 6.07 Å². The molecule has 0 aliphatic rings. The van der Waals surface area contributed by atoms with Crippen molar-refractivity contribution in [3.8, 4) is 17.6 Å². The minimum absolute atomic E-state index is 0.163. The summed E-state index contributed by atoms with van der Waals surface area (Å²) in [6.07, 6.45) is 0.773. The maximum Gasteiger partial charge on any atom is 0.251 e. The fourth-order valence-electron chi connectivity index (χ4n) is 2.50. The van der Waals surface area contributed by atoms with E-state index in [1.165, 1.54) is 7.11 Å². The Morgan fingerprint density at radius 2 is 1.96 bits per heavy atom. The molecule has 0 heterocycles. The summed E-state index contributed by atoms with van der Waals surface area (Å²) < 4.78 is 10.8. The number of benzene rings is 2. The van der Waals surface area contributed by atoms with Gasteiger partial charge in [-0.15, -0.1) is 0 Å². The molecule has 0 aliphatic carbocycles. The van der Waals surface area contributed by atoms with E-state index in [0.29, 0.717) is 47.9 Å². The number of ether oxygens (including phenoxy) is 2. The highest BCUT2D eigenvalue weighted by atomic mass is 16.5. The van der Waals surface area contributed by atoms with Crippen LogP contribution in [0.3, 0.4) is 0 Å². The maximum atomic E-state index is 12.1. The first-order chi connectivity index (χ1) is 13.6. The number of hydrogen-bond acceptors (Lipinski definition) is 5. The number of amides is 2. The van der Waals surface area contributed by atoms with E-state index in [0.717, 1.165) is 0 Å². The van der Waals surface area contributed by atoms with Crippen LogP contribution < -0.4 is 20.1 Å². The fraction of sp³-hybridized carbons (Fsp3) is 0.286. The third-order valence-electron chi connectivity index (χ3n) is 3.84. The third-order valence-corrected chi connectivity index (χ3v) is 3.84. The lowest BCUT2D eigenvalue weighted by Crippen LogP contribution is -2.22. The molecule has 0 saturated heterocycles. The predicted octanol–water partition coefficient (Wildman–Crippen LogP) is 3.11. The number of anilines is 1. The summed E-state index contributed by atoms with van der Waals surface area (Å²) in [6.45, 7) is 2.72. The highest BCUT2D eigenvalue weighted by Gasteiger charge is 2.09. The van der Waals surface area contributed by atoms with Gasteiger partial charge in [-0.2, -0.15) is 5.26 Å². The van der Waals surface area contributed by atoms with Gasteiger partial charge in [0.1, 0.15) is 0 Å². The van der Waals surface area contributed by atoms with Crippen LogP contribution in [0.25, 0.3) is 0 Å². The maximum absolute atomic E-state index is 12.1. The van der Waals surface area contributed by atoms with Gasteiger partial charge >= 0.3 is 0 Å². The largest absolute Gasteiger partial charge is 0.493 e. The third kappa shape index (κ3) is 6.02. The second-order valence-electron chi connectivity index (χ2n) is 5.92. The van der Waals surface area contributed by atoms with Gasteiger partial charge in [0.15, 0.2) is 11.5 Å². The van der Waals surface area contributed by atoms with Crippen molar-refractivity contribution in [1.29, 1.82) is 5.26 Å². The van der Waals surface area contributed by atoms with E-state index < -0.39 is 0 Å². The lowest BCUT2D eigenvalue weighted by molar-refractivity contribution is -0.116. The van der Waals surface area contributed by atoms with Crippen molar-refractivity contribution in [3.63, 3.8) is 0 Å². The quantitative estimate of drug-likeness (QED) is 0.650. The Morgan fingerprint density at radius 1 is 1.14 bits per heavy atom. The molecule has 0 unspecified atom stereocenters. The van der Waals surface area contributed by atoms with Gasteiger partial charge in [0, 0.05) is 30.3 Å². The van der Waals surface area contributed by atoms with Gasteiger partial charge in [0.2, 0.25) is 5.91 Å². The smallest absolute Gasteiger partial charge is 0.251 e. The Hall–Kier alpha value is -3.53. The molecule has 2 rings (SSSR count). The molecule has 28 heavy (non-hydrogen) atoms. The first-order valence-electron chi connectivity index (χ1n) is 8.96. The molecule has 7 nitrogen and oxygen atoms in total. The average Bonchev–Trinajstić information content (AvgIpc) is 2.71. The van der Waals surface area contributed by atoms with Gasteiger partial charge in [-0.25, -0.2) is 0 Å². The van der Waals surface area contributed by atoms with Crippen LogP contribution in [0.1, 0.15) is 35.7 Å². The van der Waals surface area contributed by atoms with E-state index in [4.69, 9.17) is 14.7 Å².